The summed E-state index contributed by atoms with van der Waals surface area (Å²) in [7, 11) is 3.51. The number of nitrogens with zero attached hydrogens (tertiary/aromatic N) is 4. The Morgan fingerprint density at radius 2 is 1.96 bits per heavy atom. The van der Waals surface area contributed by atoms with Crippen LogP contribution in [0.4, 0.5) is 0 Å². The molecule has 7 nitrogen and oxygen atoms in total. The highest BCUT2D eigenvalue weighted by Crippen LogP contribution is 2.19. The molecule has 1 aromatic carbocycles. The normalized spacial score (nSPS) is 14.3. The van der Waals surface area contributed by atoms with Gasteiger partial charge in [-0.25, -0.2) is 0 Å². The highest BCUT2D eigenvalue weighted by atomic mass is 16.5. The summed E-state index contributed by atoms with van der Waals surface area (Å²) in [5.41, 5.74) is 2.40. The van der Waals surface area contributed by atoms with Gasteiger partial charge in [-0.15, -0.1) is 10.2 Å². The predicted molar refractivity (Wildman–Crippen MR) is 112 cm³/mol. The molecule has 0 aliphatic carbocycles. The first-order valence-corrected chi connectivity index (χ1v) is 10.2. The van der Waals surface area contributed by atoms with Gasteiger partial charge in [-0.1, -0.05) is 18.6 Å². The van der Waals surface area contributed by atoms with Crippen LogP contribution in [-0.2, 0) is 25.8 Å². The maximum Gasteiger partial charge on any atom is 0.191 e. The van der Waals surface area contributed by atoms with E-state index >= 15 is 0 Å². The van der Waals surface area contributed by atoms with Gasteiger partial charge in [0.05, 0.1) is 7.11 Å². The van der Waals surface area contributed by atoms with E-state index in [0.717, 1.165) is 67.8 Å². The van der Waals surface area contributed by atoms with Gasteiger partial charge >= 0.3 is 0 Å². The zero-order valence-electron chi connectivity index (χ0n) is 17.3. The maximum atomic E-state index is 5.40. The fourth-order valence-electron chi connectivity index (χ4n) is 3.59. The van der Waals surface area contributed by atoms with Gasteiger partial charge in [0.1, 0.15) is 17.4 Å². The summed E-state index contributed by atoms with van der Waals surface area (Å²) >= 11 is 0. The molecule has 7 heteroatoms. The average Bonchev–Trinajstić information content (AvgIpc) is 2.94. The quantitative estimate of drug-likeness (QED) is 0.566. The lowest BCUT2D eigenvalue weighted by molar-refractivity contribution is 0.411. The van der Waals surface area contributed by atoms with E-state index in [1.165, 1.54) is 24.8 Å². The van der Waals surface area contributed by atoms with Crippen LogP contribution in [0.1, 0.15) is 42.0 Å². The maximum absolute atomic E-state index is 5.40. The van der Waals surface area contributed by atoms with Crippen molar-refractivity contribution in [3.8, 4) is 5.75 Å². The molecular weight excluding hydrogens is 352 g/mol. The topological polar surface area (TPSA) is 76.4 Å². The molecule has 0 fully saturated rings. The second kappa shape index (κ2) is 10.1. The van der Waals surface area contributed by atoms with Crippen molar-refractivity contribution in [1.29, 1.82) is 0 Å². The van der Waals surface area contributed by atoms with E-state index in [1.54, 1.807) is 14.2 Å². The number of hydrogen-bond donors (Lipinski definition) is 2. The largest absolute Gasteiger partial charge is 0.496 e. The van der Waals surface area contributed by atoms with Crippen LogP contribution in [-0.4, -0.2) is 48.0 Å². The van der Waals surface area contributed by atoms with Crippen LogP contribution in [0.3, 0.4) is 0 Å². The van der Waals surface area contributed by atoms with Gasteiger partial charge in [-0.3, -0.25) is 4.99 Å². The van der Waals surface area contributed by atoms with Crippen LogP contribution >= 0.6 is 0 Å². The third-order valence-electron chi connectivity index (χ3n) is 5.23. The Kier molecular flexibility index (Phi) is 7.28. The Bertz CT molecular complexity index is 798. The summed E-state index contributed by atoms with van der Waals surface area (Å²) in [4.78, 5) is 4.32. The van der Waals surface area contributed by atoms with Crippen molar-refractivity contribution in [2.24, 2.45) is 4.99 Å². The average molecular weight is 385 g/mol. The van der Waals surface area contributed by atoms with Gasteiger partial charge in [0.25, 0.3) is 0 Å². The molecule has 0 unspecified atom stereocenters. The van der Waals surface area contributed by atoms with Gasteiger partial charge in [0.2, 0.25) is 0 Å². The summed E-state index contributed by atoms with van der Waals surface area (Å²) in [6.07, 6.45) is 6.54. The van der Waals surface area contributed by atoms with E-state index in [-0.39, 0.29) is 0 Å². The van der Waals surface area contributed by atoms with E-state index in [4.69, 9.17) is 4.74 Å². The van der Waals surface area contributed by atoms with Crippen LogP contribution in [0.2, 0.25) is 0 Å². The highest BCUT2D eigenvalue weighted by molar-refractivity contribution is 5.79. The molecule has 0 saturated heterocycles. The summed E-state index contributed by atoms with van der Waals surface area (Å²) in [5.74, 6) is 3.97. The van der Waals surface area contributed by atoms with Crippen molar-refractivity contribution in [2.75, 3.05) is 27.2 Å². The summed E-state index contributed by atoms with van der Waals surface area (Å²) in [5, 5.41) is 15.5. The lowest BCUT2D eigenvalue weighted by Crippen LogP contribution is -2.39. The number of aryl methyl sites for hydroxylation is 2. The van der Waals surface area contributed by atoms with Crippen LogP contribution < -0.4 is 15.4 Å². The Balaban J connectivity index is 1.43. The molecule has 28 heavy (non-hydrogen) atoms. The Hall–Kier alpha value is -2.57. The number of aliphatic imine (C=N–C) groups is 1. The molecular formula is C21H32N6O. The SMILES string of the molecule is CN=C(NCCc1ccc(C)c(OC)c1)NCCc1nnc2n1CCCCC2. The van der Waals surface area contributed by atoms with Crippen LogP contribution in [0.15, 0.2) is 23.2 Å². The van der Waals surface area contributed by atoms with Gasteiger partial charge in [-0.05, 0) is 43.4 Å². The number of hydrogen-bond acceptors (Lipinski definition) is 4. The number of fused-ring (bicyclic) bond motifs is 1. The predicted octanol–water partition coefficient (Wildman–Crippen LogP) is 2.27. The zero-order valence-corrected chi connectivity index (χ0v) is 17.3. The molecule has 1 aromatic heterocycles. The van der Waals surface area contributed by atoms with Gasteiger partial charge in [0, 0.05) is 39.5 Å². The van der Waals surface area contributed by atoms with Crippen molar-refractivity contribution < 1.29 is 4.74 Å². The molecule has 1 aliphatic heterocycles. The molecule has 0 spiro atoms. The molecule has 1 aliphatic rings. The fraction of sp³-hybridized carbons (Fsp3) is 0.571. The van der Waals surface area contributed by atoms with E-state index < -0.39 is 0 Å². The molecule has 0 amide bonds. The molecule has 2 N–H and O–H groups in total. The zero-order chi connectivity index (χ0) is 19.8. The van der Waals surface area contributed by atoms with Crippen LogP contribution in [0.25, 0.3) is 0 Å². The molecule has 152 valence electrons. The standard InChI is InChI=1S/C21H32N6O/c1-16-8-9-17(15-18(16)28-3)10-12-23-21(22-2)24-13-11-20-26-25-19-7-5-4-6-14-27(19)20/h8-9,15H,4-7,10-14H2,1-3H3,(H2,22,23,24). The van der Waals surface area contributed by atoms with E-state index in [2.05, 4.69) is 55.5 Å². The number of methoxy groups -OCH3 is 1. The van der Waals surface area contributed by atoms with E-state index in [0.29, 0.717) is 0 Å². The van der Waals surface area contributed by atoms with Crippen LogP contribution in [0.5, 0.6) is 5.75 Å². The minimum absolute atomic E-state index is 0.788. The van der Waals surface area contributed by atoms with Crippen molar-refractivity contribution in [1.82, 2.24) is 25.4 Å². The lowest BCUT2D eigenvalue weighted by Gasteiger charge is -2.13. The van der Waals surface area contributed by atoms with Gasteiger partial charge < -0.3 is 19.9 Å². The number of benzene rings is 1. The van der Waals surface area contributed by atoms with Gasteiger partial charge in [0.15, 0.2) is 5.96 Å². The van der Waals surface area contributed by atoms with Crippen molar-refractivity contribution in [3.63, 3.8) is 0 Å². The Morgan fingerprint density at radius 3 is 2.75 bits per heavy atom. The van der Waals surface area contributed by atoms with Gasteiger partial charge in [-0.2, -0.15) is 0 Å². The third kappa shape index (κ3) is 5.24. The Labute approximate surface area is 167 Å². The second-order valence-electron chi connectivity index (χ2n) is 7.22. The number of rotatable bonds is 7. The first kappa shape index (κ1) is 20.2. The summed E-state index contributed by atoms with van der Waals surface area (Å²) < 4.78 is 7.70. The molecule has 0 bridgehead atoms. The molecule has 3 rings (SSSR count). The number of guanidine groups is 1. The minimum Gasteiger partial charge on any atom is -0.496 e. The lowest BCUT2D eigenvalue weighted by atomic mass is 10.1. The molecule has 2 heterocycles. The molecule has 0 atom stereocenters. The second-order valence-corrected chi connectivity index (χ2v) is 7.22. The molecule has 2 aromatic rings. The minimum atomic E-state index is 0.788. The van der Waals surface area contributed by atoms with Crippen molar-refractivity contribution in [2.45, 2.75) is 52.0 Å². The fourth-order valence-corrected chi connectivity index (χ4v) is 3.59. The number of ether oxygens (including phenoxy) is 1. The van der Waals surface area contributed by atoms with Crippen LogP contribution in [0, 0.1) is 6.92 Å². The first-order chi connectivity index (χ1) is 13.7. The van der Waals surface area contributed by atoms with E-state index in [1.807, 2.05) is 0 Å². The Morgan fingerprint density at radius 1 is 1.14 bits per heavy atom. The smallest absolute Gasteiger partial charge is 0.191 e. The van der Waals surface area contributed by atoms with Crippen molar-refractivity contribution >= 4 is 5.96 Å². The number of nitrogens with one attached hydrogen (secondary N) is 2. The number of aromatic nitrogens is 3. The summed E-state index contributed by atoms with van der Waals surface area (Å²) in [6.45, 7) is 4.70. The third-order valence-corrected chi connectivity index (χ3v) is 5.23. The van der Waals surface area contributed by atoms with Crippen molar-refractivity contribution in [3.05, 3.63) is 41.0 Å². The monoisotopic (exact) mass is 384 g/mol. The summed E-state index contributed by atoms with van der Waals surface area (Å²) in [6, 6.07) is 6.35. The highest BCUT2D eigenvalue weighted by Gasteiger charge is 2.14. The van der Waals surface area contributed by atoms with E-state index in [9.17, 15) is 0 Å². The first-order valence-electron chi connectivity index (χ1n) is 10.2. The molecule has 0 saturated carbocycles. The molecule has 0 radical (unpaired) electrons.